The Bertz CT molecular complexity index is 1170. The van der Waals surface area contributed by atoms with Crippen LogP contribution in [-0.4, -0.2) is 27.5 Å². The highest BCUT2D eigenvalue weighted by Crippen LogP contribution is 2.33. The van der Waals surface area contributed by atoms with E-state index in [1.807, 2.05) is 23.6 Å². The van der Waals surface area contributed by atoms with E-state index in [9.17, 15) is 4.79 Å². The van der Waals surface area contributed by atoms with Crippen LogP contribution in [0.1, 0.15) is 41.5 Å². The topological polar surface area (TPSA) is 59.2 Å². The molecule has 0 saturated heterocycles. The van der Waals surface area contributed by atoms with E-state index >= 15 is 0 Å². The molecule has 1 amide bonds. The predicted octanol–water partition coefficient (Wildman–Crippen LogP) is 5.49. The molecule has 0 N–H and O–H groups in total. The summed E-state index contributed by atoms with van der Waals surface area (Å²) in [6.07, 6.45) is 3.52. The summed E-state index contributed by atoms with van der Waals surface area (Å²) in [4.78, 5) is 20.8. The predicted molar refractivity (Wildman–Crippen MR) is 125 cm³/mol. The molecule has 0 fully saturated rings. The summed E-state index contributed by atoms with van der Waals surface area (Å²) in [5.74, 6) is 1.40. The molecule has 1 unspecified atom stereocenters. The summed E-state index contributed by atoms with van der Waals surface area (Å²) in [5, 5.41) is 6.05. The number of benzene rings is 2. The zero-order valence-corrected chi connectivity index (χ0v) is 18.6. The van der Waals surface area contributed by atoms with Gasteiger partial charge in [0.05, 0.1) is 10.9 Å². The number of amides is 1. The molecule has 162 valence electrons. The highest BCUT2D eigenvalue weighted by Gasteiger charge is 2.30. The summed E-state index contributed by atoms with van der Waals surface area (Å²) in [7, 11) is 0. The number of hydrogen-bond donors (Lipinski definition) is 0. The number of fused-ring (bicyclic) bond motifs is 1. The number of aryl methyl sites for hydroxylation is 1. The Kier molecular flexibility index (Phi) is 6.12. The molecule has 5 nitrogen and oxygen atoms in total. The standard InChI is InChI=1S/C26H25N3O2S/c30-25(14-6-13-24-27-26(28-31-24)23-12-7-17-32-23)29-16-15-20-10-4-5-11-21(20)22(29)18-19-8-2-1-3-9-19/h1-5,7-12,17,22H,6,13-16,18H2. The van der Waals surface area contributed by atoms with Gasteiger partial charge in [0.1, 0.15) is 0 Å². The van der Waals surface area contributed by atoms with Crippen molar-refractivity contribution in [3.8, 4) is 10.7 Å². The van der Waals surface area contributed by atoms with E-state index < -0.39 is 0 Å². The lowest BCUT2D eigenvalue weighted by Crippen LogP contribution is -2.41. The van der Waals surface area contributed by atoms with Crippen molar-refractivity contribution in [2.45, 2.75) is 38.1 Å². The molecule has 2 aromatic carbocycles. The van der Waals surface area contributed by atoms with Crippen LogP contribution in [0.25, 0.3) is 10.7 Å². The Balaban J connectivity index is 1.25. The van der Waals surface area contributed by atoms with E-state index in [0.717, 1.165) is 24.3 Å². The van der Waals surface area contributed by atoms with Crippen LogP contribution in [0.2, 0.25) is 0 Å². The zero-order valence-electron chi connectivity index (χ0n) is 17.8. The number of carbonyl (C=O) groups is 1. The minimum atomic E-state index is 0.0729. The van der Waals surface area contributed by atoms with Crippen molar-refractivity contribution >= 4 is 17.2 Å². The first-order valence-electron chi connectivity index (χ1n) is 11.1. The van der Waals surface area contributed by atoms with Gasteiger partial charge in [-0.25, -0.2) is 0 Å². The largest absolute Gasteiger partial charge is 0.339 e. The minimum absolute atomic E-state index is 0.0729. The lowest BCUT2D eigenvalue weighted by Gasteiger charge is -2.38. The molecule has 5 rings (SSSR count). The molecule has 1 aliphatic rings. The third-order valence-electron chi connectivity index (χ3n) is 6.00. The summed E-state index contributed by atoms with van der Waals surface area (Å²) in [6, 6.07) is 23.0. The van der Waals surface area contributed by atoms with Crippen LogP contribution in [0.5, 0.6) is 0 Å². The quantitative estimate of drug-likeness (QED) is 0.379. The zero-order chi connectivity index (χ0) is 21.8. The molecular formula is C26H25N3O2S. The van der Waals surface area contributed by atoms with Gasteiger partial charge in [0.25, 0.3) is 0 Å². The smallest absolute Gasteiger partial charge is 0.226 e. The van der Waals surface area contributed by atoms with Crippen molar-refractivity contribution in [3.63, 3.8) is 0 Å². The fourth-order valence-electron chi connectivity index (χ4n) is 4.40. The van der Waals surface area contributed by atoms with Crippen LogP contribution in [-0.2, 0) is 24.1 Å². The first kappa shape index (κ1) is 20.6. The van der Waals surface area contributed by atoms with E-state index in [1.165, 1.54) is 16.7 Å². The van der Waals surface area contributed by atoms with Gasteiger partial charge in [-0.15, -0.1) is 11.3 Å². The number of nitrogens with zero attached hydrogens (tertiary/aromatic N) is 3. The molecule has 3 heterocycles. The van der Waals surface area contributed by atoms with Crippen molar-refractivity contribution in [2.24, 2.45) is 0 Å². The van der Waals surface area contributed by atoms with Crippen molar-refractivity contribution in [3.05, 3.63) is 94.7 Å². The molecule has 0 aliphatic carbocycles. The molecular weight excluding hydrogens is 418 g/mol. The van der Waals surface area contributed by atoms with E-state index in [2.05, 4.69) is 63.6 Å². The third-order valence-corrected chi connectivity index (χ3v) is 6.86. The fourth-order valence-corrected chi connectivity index (χ4v) is 5.05. The molecule has 0 saturated carbocycles. The number of aromatic nitrogens is 2. The monoisotopic (exact) mass is 443 g/mol. The van der Waals surface area contributed by atoms with E-state index in [-0.39, 0.29) is 11.9 Å². The molecule has 32 heavy (non-hydrogen) atoms. The second-order valence-corrected chi connectivity index (χ2v) is 9.03. The molecule has 2 aromatic heterocycles. The van der Waals surface area contributed by atoms with Gasteiger partial charge < -0.3 is 9.42 Å². The van der Waals surface area contributed by atoms with E-state index in [1.54, 1.807) is 11.3 Å². The second kappa shape index (κ2) is 9.49. The third kappa shape index (κ3) is 4.50. The van der Waals surface area contributed by atoms with Gasteiger partial charge in [-0.1, -0.05) is 65.8 Å². The lowest BCUT2D eigenvalue weighted by molar-refractivity contribution is -0.134. The van der Waals surface area contributed by atoms with Crippen LogP contribution in [0, 0.1) is 0 Å². The average molecular weight is 444 g/mol. The minimum Gasteiger partial charge on any atom is -0.339 e. The van der Waals surface area contributed by atoms with Gasteiger partial charge in [0.15, 0.2) is 0 Å². The molecule has 4 aromatic rings. The summed E-state index contributed by atoms with van der Waals surface area (Å²) in [5.41, 5.74) is 3.87. The maximum absolute atomic E-state index is 13.3. The first-order valence-corrected chi connectivity index (χ1v) is 11.9. The Hall–Kier alpha value is -3.25. The lowest BCUT2D eigenvalue weighted by atomic mass is 9.88. The van der Waals surface area contributed by atoms with Gasteiger partial charge in [-0.3, -0.25) is 4.79 Å². The van der Waals surface area contributed by atoms with Crippen LogP contribution in [0.3, 0.4) is 0 Å². The second-order valence-electron chi connectivity index (χ2n) is 8.08. The summed E-state index contributed by atoms with van der Waals surface area (Å²) < 4.78 is 5.38. The first-order chi connectivity index (χ1) is 15.8. The van der Waals surface area contributed by atoms with Crippen LogP contribution >= 0.6 is 11.3 Å². The van der Waals surface area contributed by atoms with E-state index in [4.69, 9.17) is 4.52 Å². The van der Waals surface area contributed by atoms with Crippen molar-refractivity contribution in [2.75, 3.05) is 6.54 Å². The molecule has 1 atom stereocenters. The van der Waals surface area contributed by atoms with Gasteiger partial charge >= 0.3 is 0 Å². The van der Waals surface area contributed by atoms with Crippen LogP contribution < -0.4 is 0 Å². The SMILES string of the molecule is O=C(CCCc1nc(-c2cccs2)no1)N1CCc2ccccc2C1Cc1ccccc1. The maximum atomic E-state index is 13.3. The molecule has 0 bridgehead atoms. The Labute approximate surface area is 191 Å². The summed E-state index contributed by atoms with van der Waals surface area (Å²) >= 11 is 1.59. The molecule has 0 spiro atoms. The number of hydrogen-bond acceptors (Lipinski definition) is 5. The highest BCUT2D eigenvalue weighted by atomic mass is 32.1. The number of thiophene rings is 1. The van der Waals surface area contributed by atoms with Crippen molar-refractivity contribution in [1.82, 2.24) is 15.0 Å². The van der Waals surface area contributed by atoms with Crippen molar-refractivity contribution in [1.29, 1.82) is 0 Å². The molecule has 1 aliphatic heterocycles. The van der Waals surface area contributed by atoms with Crippen LogP contribution in [0.4, 0.5) is 0 Å². The number of rotatable bonds is 7. The van der Waals surface area contributed by atoms with E-state index in [0.29, 0.717) is 31.0 Å². The van der Waals surface area contributed by atoms with Gasteiger partial charge in [0, 0.05) is 19.4 Å². The average Bonchev–Trinajstić information content (AvgIpc) is 3.52. The normalized spacial score (nSPS) is 15.5. The summed E-state index contributed by atoms with van der Waals surface area (Å²) in [6.45, 7) is 0.760. The van der Waals surface area contributed by atoms with Gasteiger partial charge in [0.2, 0.25) is 17.6 Å². The maximum Gasteiger partial charge on any atom is 0.226 e. The molecule has 6 heteroatoms. The van der Waals surface area contributed by atoms with Crippen molar-refractivity contribution < 1.29 is 9.32 Å². The Morgan fingerprint density at radius 2 is 1.91 bits per heavy atom. The van der Waals surface area contributed by atoms with Crippen LogP contribution in [0.15, 0.2) is 76.6 Å². The Morgan fingerprint density at radius 1 is 1.06 bits per heavy atom. The Morgan fingerprint density at radius 3 is 2.75 bits per heavy atom. The highest BCUT2D eigenvalue weighted by molar-refractivity contribution is 7.13. The fraction of sp³-hybridized carbons (Fsp3) is 0.269. The van der Waals surface area contributed by atoms with Gasteiger partial charge in [-0.2, -0.15) is 4.98 Å². The number of carbonyl (C=O) groups excluding carboxylic acids is 1. The van der Waals surface area contributed by atoms with Gasteiger partial charge in [-0.05, 0) is 47.4 Å². The molecule has 0 radical (unpaired) electrons.